The Kier molecular flexibility index (Phi) is 4.30. The molecule has 2 heterocycles. The predicted molar refractivity (Wildman–Crippen MR) is 87.9 cm³/mol. The van der Waals surface area contributed by atoms with Gasteiger partial charge in [0.25, 0.3) is 5.91 Å². The van der Waals surface area contributed by atoms with Gasteiger partial charge in [-0.2, -0.15) is 4.68 Å². The molecule has 2 N–H and O–H groups in total. The summed E-state index contributed by atoms with van der Waals surface area (Å²) in [7, 11) is 0. The summed E-state index contributed by atoms with van der Waals surface area (Å²) in [5.74, 6) is -0.769. The quantitative estimate of drug-likeness (QED) is 0.855. The highest BCUT2D eigenvalue weighted by molar-refractivity contribution is 6.30. The second kappa shape index (κ2) is 6.40. The Morgan fingerprint density at radius 2 is 2.29 bits per heavy atom. The fourth-order valence-electron chi connectivity index (χ4n) is 2.57. The molecule has 1 amide bonds. The Balaban J connectivity index is 1.84. The Labute approximate surface area is 142 Å². The first-order valence-electron chi connectivity index (χ1n) is 7.11. The van der Waals surface area contributed by atoms with E-state index in [1.807, 2.05) is 0 Å². The second-order valence-electron chi connectivity index (χ2n) is 5.23. The summed E-state index contributed by atoms with van der Waals surface area (Å²) in [5.41, 5.74) is 7.23. The van der Waals surface area contributed by atoms with Gasteiger partial charge in [-0.3, -0.25) is 9.79 Å². The number of nitrogens with zero attached hydrogens (tertiary/aromatic N) is 5. The molecule has 124 valence electrons. The van der Waals surface area contributed by atoms with Crippen molar-refractivity contribution in [3.05, 3.63) is 52.2 Å². The van der Waals surface area contributed by atoms with Gasteiger partial charge < -0.3 is 10.6 Å². The molecular formula is C15H14ClFN6O. The Bertz CT molecular complexity index is 846. The molecule has 2 aromatic rings. The van der Waals surface area contributed by atoms with Gasteiger partial charge in [-0.05, 0) is 24.9 Å². The zero-order valence-corrected chi connectivity index (χ0v) is 13.4. The van der Waals surface area contributed by atoms with Gasteiger partial charge in [-0.1, -0.05) is 16.8 Å². The number of rotatable bonds is 3. The summed E-state index contributed by atoms with van der Waals surface area (Å²) in [6.45, 7) is 3.97. The van der Waals surface area contributed by atoms with Crippen LogP contribution >= 0.6 is 11.6 Å². The number of hydrogen-bond donors (Lipinski definition) is 1. The number of hydrogen-bond acceptors (Lipinski definition) is 5. The summed E-state index contributed by atoms with van der Waals surface area (Å²) in [4.78, 5) is 17.6. The molecule has 1 aliphatic heterocycles. The maximum atomic E-state index is 13.9. The van der Waals surface area contributed by atoms with Gasteiger partial charge in [0.15, 0.2) is 0 Å². The summed E-state index contributed by atoms with van der Waals surface area (Å²) < 4.78 is 15.4. The van der Waals surface area contributed by atoms with Crippen LogP contribution in [0, 0.1) is 5.82 Å². The minimum Gasteiger partial charge on any atom is -0.382 e. The van der Waals surface area contributed by atoms with Crippen LogP contribution in [-0.2, 0) is 13.0 Å². The van der Waals surface area contributed by atoms with Crippen LogP contribution in [0.2, 0.25) is 5.02 Å². The first-order valence-corrected chi connectivity index (χ1v) is 7.48. The van der Waals surface area contributed by atoms with Crippen molar-refractivity contribution in [2.45, 2.75) is 13.0 Å². The van der Waals surface area contributed by atoms with Crippen LogP contribution in [0.3, 0.4) is 0 Å². The predicted octanol–water partition coefficient (Wildman–Crippen LogP) is 1.68. The Morgan fingerprint density at radius 3 is 3.00 bits per heavy atom. The SMILES string of the molecule is C=N/C=C(\N)n1nnc2c1CCN(C(=O)c1ccc(Cl)cc1F)C2. The molecule has 0 unspecified atom stereocenters. The zero-order valence-electron chi connectivity index (χ0n) is 12.6. The first kappa shape index (κ1) is 16.1. The summed E-state index contributed by atoms with van der Waals surface area (Å²) in [5, 5.41) is 8.25. The highest BCUT2D eigenvalue weighted by Gasteiger charge is 2.27. The third-order valence-corrected chi connectivity index (χ3v) is 3.95. The Hall–Kier alpha value is -2.74. The van der Waals surface area contributed by atoms with Crippen molar-refractivity contribution in [3.8, 4) is 0 Å². The molecule has 0 bridgehead atoms. The number of fused-ring (bicyclic) bond motifs is 1. The standard InChI is InChI=1S/C15H14ClFN6O/c1-19-7-14(18)23-13-4-5-22(8-12(13)20-21-23)15(24)10-3-2-9(16)6-11(10)17/h2-3,6-7H,1,4-5,8,18H2/b14-7+. The average molecular weight is 349 g/mol. The highest BCUT2D eigenvalue weighted by atomic mass is 35.5. The molecule has 0 radical (unpaired) electrons. The monoisotopic (exact) mass is 348 g/mol. The fraction of sp³-hybridized carbons (Fsp3) is 0.200. The second-order valence-corrected chi connectivity index (χ2v) is 5.67. The number of carbonyl (C=O) groups excluding carboxylic acids is 1. The lowest BCUT2D eigenvalue weighted by atomic mass is 10.1. The topological polar surface area (TPSA) is 89.4 Å². The van der Waals surface area contributed by atoms with E-state index < -0.39 is 11.7 Å². The van der Waals surface area contributed by atoms with Crippen molar-refractivity contribution in [1.29, 1.82) is 0 Å². The first-order chi connectivity index (χ1) is 11.5. The lowest BCUT2D eigenvalue weighted by Gasteiger charge is -2.26. The maximum absolute atomic E-state index is 13.9. The molecule has 7 nitrogen and oxygen atoms in total. The van der Waals surface area contributed by atoms with E-state index in [0.717, 1.165) is 11.8 Å². The number of benzene rings is 1. The molecule has 0 saturated heterocycles. The Morgan fingerprint density at radius 1 is 1.50 bits per heavy atom. The largest absolute Gasteiger partial charge is 0.382 e. The van der Waals surface area contributed by atoms with Gasteiger partial charge >= 0.3 is 0 Å². The van der Waals surface area contributed by atoms with Crippen LogP contribution in [0.25, 0.3) is 5.82 Å². The number of aromatic nitrogens is 3. The lowest BCUT2D eigenvalue weighted by Crippen LogP contribution is -2.37. The molecular weight excluding hydrogens is 335 g/mol. The molecule has 0 spiro atoms. The molecule has 1 aromatic carbocycles. The van der Waals surface area contributed by atoms with Crippen LogP contribution in [0.5, 0.6) is 0 Å². The van der Waals surface area contributed by atoms with E-state index in [2.05, 4.69) is 22.0 Å². The maximum Gasteiger partial charge on any atom is 0.257 e. The average Bonchev–Trinajstić information content (AvgIpc) is 2.97. The third kappa shape index (κ3) is 2.88. The van der Waals surface area contributed by atoms with Crippen molar-refractivity contribution in [2.75, 3.05) is 6.54 Å². The van der Waals surface area contributed by atoms with E-state index in [1.165, 1.54) is 27.9 Å². The molecule has 0 fully saturated rings. The fourth-order valence-corrected chi connectivity index (χ4v) is 2.73. The van der Waals surface area contributed by atoms with Crippen LogP contribution in [0.1, 0.15) is 21.7 Å². The normalized spacial score (nSPS) is 14.4. The van der Waals surface area contributed by atoms with Gasteiger partial charge in [0, 0.05) is 18.0 Å². The van der Waals surface area contributed by atoms with Gasteiger partial charge in [-0.15, -0.1) is 5.10 Å². The number of halogens is 2. The molecule has 3 rings (SSSR count). The van der Waals surface area contributed by atoms with E-state index >= 15 is 0 Å². The van der Waals surface area contributed by atoms with Crippen LogP contribution in [0.4, 0.5) is 4.39 Å². The van der Waals surface area contributed by atoms with E-state index in [4.69, 9.17) is 17.3 Å². The third-order valence-electron chi connectivity index (χ3n) is 3.72. The lowest BCUT2D eigenvalue weighted by molar-refractivity contribution is 0.0726. The zero-order chi connectivity index (χ0) is 17.3. The highest BCUT2D eigenvalue weighted by Crippen LogP contribution is 2.22. The molecule has 0 atom stereocenters. The van der Waals surface area contributed by atoms with Gasteiger partial charge in [0.2, 0.25) is 0 Å². The van der Waals surface area contributed by atoms with Gasteiger partial charge in [0.05, 0.1) is 24.0 Å². The van der Waals surface area contributed by atoms with E-state index in [9.17, 15) is 9.18 Å². The van der Waals surface area contributed by atoms with Crippen molar-refractivity contribution >= 4 is 30.0 Å². The number of nitrogens with two attached hydrogens (primary N) is 1. The minimum absolute atomic E-state index is 0.0227. The van der Waals surface area contributed by atoms with Crippen molar-refractivity contribution in [3.63, 3.8) is 0 Å². The smallest absolute Gasteiger partial charge is 0.257 e. The van der Waals surface area contributed by atoms with E-state index in [0.29, 0.717) is 24.5 Å². The number of carbonyl (C=O) groups is 1. The molecule has 9 heteroatoms. The van der Waals surface area contributed by atoms with E-state index in [1.54, 1.807) is 0 Å². The van der Waals surface area contributed by atoms with Crippen LogP contribution in [0.15, 0.2) is 29.4 Å². The van der Waals surface area contributed by atoms with Crippen LogP contribution in [-0.4, -0.2) is 39.1 Å². The molecule has 1 aromatic heterocycles. The molecule has 1 aliphatic rings. The summed E-state index contributed by atoms with van der Waals surface area (Å²) >= 11 is 5.72. The van der Waals surface area contributed by atoms with Crippen molar-refractivity contribution in [1.82, 2.24) is 19.9 Å². The van der Waals surface area contributed by atoms with Crippen molar-refractivity contribution in [2.24, 2.45) is 10.7 Å². The number of aliphatic imine (C=N–C) groups is 1. The molecule has 24 heavy (non-hydrogen) atoms. The minimum atomic E-state index is -0.647. The summed E-state index contributed by atoms with van der Waals surface area (Å²) in [6.07, 6.45) is 1.87. The number of amides is 1. The van der Waals surface area contributed by atoms with E-state index in [-0.39, 0.29) is 17.1 Å². The summed E-state index contributed by atoms with van der Waals surface area (Å²) in [6, 6.07) is 3.98. The molecule has 0 saturated carbocycles. The van der Waals surface area contributed by atoms with Gasteiger partial charge in [0.1, 0.15) is 17.3 Å². The van der Waals surface area contributed by atoms with Gasteiger partial charge in [-0.25, -0.2) is 4.39 Å². The molecule has 0 aliphatic carbocycles. The van der Waals surface area contributed by atoms with Crippen LogP contribution < -0.4 is 5.73 Å². The van der Waals surface area contributed by atoms with Crippen molar-refractivity contribution < 1.29 is 9.18 Å².